The van der Waals surface area contributed by atoms with E-state index in [1.165, 1.54) is 16.2 Å². The Labute approximate surface area is 132 Å². The zero-order valence-electron chi connectivity index (χ0n) is 12.1. The van der Waals surface area contributed by atoms with Gasteiger partial charge in [0.15, 0.2) is 5.13 Å². The largest absolute Gasteiger partial charge is 0.477 e. The van der Waals surface area contributed by atoms with Crippen LogP contribution in [0.2, 0.25) is 0 Å². The number of carboxylic acids is 1. The highest BCUT2D eigenvalue weighted by Gasteiger charge is 2.33. The minimum absolute atomic E-state index is 0.284. The molecule has 0 bridgehead atoms. The second-order valence-corrected chi connectivity index (χ2v) is 7.60. The summed E-state index contributed by atoms with van der Waals surface area (Å²) in [6, 6.07) is 4.43. The van der Waals surface area contributed by atoms with Crippen LogP contribution in [0.3, 0.4) is 0 Å². The number of carboxylic acid groups (broad SMARTS) is 1. The number of hydrogen-bond acceptors (Lipinski definition) is 5. The average molecular weight is 322 g/mol. The Morgan fingerprint density at radius 2 is 2.29 bits per heavy atom. The van der Waals surface area contributed by atoms with Crippen LogP contribution in [0.15, 0.2) is 17.5 Å². The van der Waals surface area contributed by atoms with Crippen LogP contribution in [-0.2, 0) is 6.54 Å². The molecule has 1 saturated carbocycles. The van der Waals surface area contributed by atoms with Crippen LogP contribution in [0.25, 0.3) is 0 Å². The molecule has 3 rings (SSSR count). The fraction of sp³-hybridized carbons (Fsp3) is 0.467. The van der Waals surface area contributed by atoms with E-state index in [0.29, 0.717) is 10.8 Å². The molecule has 2 heterocycles. The fourth-order valence-corrected chi connectivity index (χ4v) is 4.10. The van der Waals surface area contributed by atoms with Crippen molar-refractivity contribution in [3.8, 4) is 0 Å². The lowest BCUT2D eigenvalue weighted by molar-refractivity contribution is 0.0700. The molecule has 21 heavy (non-hydrogen) atoms. The van der Waals surface area contributed by atoms with Gasteiger partial charge >= 0.3 is 5.97 Å². The molecular weight excluding hydrogens is 304 g/mol. The second-order valence-electron chi connectivity index (χ2n) is 5.59. The summed E-state index contributed by atoms with van der Waals surface area (Å²) in [6.45, 7) is 5.02. The lowest BCUT2D eigenvalue weighted by Crippen LogP contribution is -2.29. The van der Waals surface area contributed by atoms with Gasteiger partial charge in [0.1, 0.15) is 4.88 Å². The molecule has 2 aromatic rings. The Morgan fingerprint density at radius 1 is 1.52 bits per heavy atom. The summed E-state index contributed by atoms with van der Waals surface area (Å²) in [7, 11) is 0. The summed E-state index contributed by atoms with van der Waals surface area (Å²) in [6.07, 6.45) is 2.13. The van der Waals surface area contributed by atoms with Crippen molar-refractivity contribution in [3.05, 3.63) is 33.0 Å². The van der Waals surface area contributed by atoms with Crippen molar-refractivity contribution < 1.29 is 9.90 Å². The van der Waals surface area contributed by atoms with Crippen molar-refractivity contribution in [2.75, 3.05) is 4.90 Å². The Balaban J connectivity index is 1.92. The van der Waals surface area contributed by atoms with E-state index < -0.39 is 5.97 Å². The molecule has 0 atom stereocenters. The van der Waals surface area contributed by atoms with Crippen LogP contribution in [-0.4, -0.2) is 22.1 Å². The van der Waals surface area contributed by atoms with E-state index in [-0.39, 0.29) is 6.04 Å². The van der Waals surface area contributed by atoms with Gasteiger partial charge in [0.05, 0.1) is 12.2 Å². The molecular formula is C15H18N2O2S2. The third kappa shape index (κ3) is 3.11. The maximum Gasteiger partial charge on any atom is 0.347 e. The SMILES string of the molecule is CC(C)N(Cc1cccs1)c1nc(C2CC2)c(C(=O)O)s1. The average Bonchev–Trinajstić information content (AvgIpc) is 2.98. The normalized spacial score (nSPS) is 14.6. The number of rotatable bonds is 6. The van der Waals surface area contributed by atoms with Crippen LogP contribution in [0.1, 0.15) is 52.8 Å². The van der Waals surface area contributed by atoms with Crippen molar-refractivity contribution in [3.63, 3.8) is 0 Å². The molecule has 0 amide bonds. The topological polar surface area (TPSA) is 53.4 Å². The number of thiazole rings is 1. The van der Waals surface area contributed by atoms with E-state index in [1.54, 1.807) is 11.3 Å². The molecule has 0 aliphatic heterocycles. The van der Waals surface area contributed by atoms with Gasteiger partial charge in [-0.15, -0.1) is 11.3 Å². The third-order valence-electron chi connectivity index (χ3n) is 3.58. The number of nitrogens with zero attached hydrogens (tertiary/aromatic N) is 2. The van der Waals surface area contributed by atoms with Crippen LogP contribution in [0.5, 0.6) is 0 Å². The van der Waals surface area contributed by atoms with Crippen molar-refractivity contribution >= 4 is 33.8 Å². The third-order valence-corrected chi connectivity index (χ3v) is 5.53. The van der Waals surface area contributed by atoms with Gasteiger partial charge in [0, 0.05) is 16.8 Å². The predicted octanol–water partition coefficient (Wildman–Crippen LogP) is 4.20. The molecule has 1 aliphatic carbocycles. The Kier molecular flexibility index (Phi) is 3.99. The molecule has 0 aromatic carbocycles. The molecule has 0 saturated heterocycles. The molecule has 0 spiro atoms. The summed E-state index contributed by atoms with van der Waals surface area (Å²) in [5, 5.41) is 12.3. The Hall–Kier alpha value is -1.40. The van der Waals surface area contributed by atoms with Crippen molar-refractivity contribution in [1.82, 2.24) is 4.98 Å². The standard InChI is InChI=1S/C15H18N2O2S2/c1-9(2)17(8-11-4-3-7-20-11)15-16-12(10-5-6-10)13(21-15)14(18)19/h3-4,7,9-10H,5-6,8H2,1-2H3,(H,18,19). The molecule has 4 nitrogen and oxygen atoms in total. The van der Waals surface area contributed by atoms with Crippen LogP contribution in [0.4, 0.5) is 5.13 Å². The van der Waals surface area contributed by atoms with E-state index in [4.69, 9.17) is 0 Å². The first-order valence-electron chi connectivity index (χ1n) is 7.09. The lowest BCUT2D eigenvalue weighted by Gasteiger charge is -2.25. The number of carbonyl (C=O) groups is 1. The quantitative estimate of drug-likeness (QED) is 0.866. The first kappa shape index (κ1) is 14.5. The van der Waals surface area contributed by atoms with Gasteiger partial charge in [0.25, 0.3) is 0 Å². The highest BCUT2D eigenvalue weighted by atomic mass is 32.1. The minimum atomic E-state index is -0.847. The van der Waals surface area contributed by atoms with Gasteiger partial charge in [0.2, 0.25) is 0 Å². The minimum Gasteiger partial charge on any atom is -0.477 e. The van der Waals surface area contributed by atoms with Gasteiger partial charge in [-0.3, -0.25) is 0 Å². The van der Waals surface area contributed by atoms with Gasteiger partial charge in [-0.2, -0.15) is 0 Å². The highest BCUT2D eigenvalue weighted by molar-refractivity contribution is 7.17. The predicted molar refractivity (Wildman–Crippen MR) is 86.7 cm³/mol. The maximum absolute atomic E-state index is 11.4. The zero-order chi connectivity index (χ0) is 15.0. The highest BCUT2D eigenvalue weighted by Crippen LogP contribution is 2.44. The molecule has 1 N–H and O–H groups in total. The van der Waals surface area contributed by atoms with Gasteiger partial charge in [-0.05, 0) is 38.1 Å². The Bertz CT molecular complexity index is 630. The zero-order valence-corrected chi connectivity index (χ0v) is 13.7. The monoisotopic (exact) mass is 322 g/mol. The van der Waals surface area contributed by atoms with Gasteiger partial charge < -0.3 is 10.0 Å². The maximum atomic E-state index is 11.4. The smallest absolute Gasteiger partial charge is 0.347 e. The summed E-state index contributed by atoms with van der Waals surface area (Å²) >= 11 is 3.03. The van der Waals surface area contributed by atoms with Crippen molar-refractivity contribution in [2.24, 2.45) is 0 Å². The summed E-state index contributed by atoms with van der Waals surface area (Å²) < 4.78 is 0. The first-order chi connectivity index (χ1) is 10.1. The number of anilines is 1. The molecule has 6 heteroatoms. The van der Waals surface area contributed by atoms with Crippen molar-refractivity contribution in [1.29, 1.82) is 0 Å². The number of thiophene rings is 1. The van der Waals surface area contributed by atoms with E-state index in [0.717, 1.165) is 30.2 Å². The molecule has 112 valence electrons. The summed E-state index contributed by atoms with van der Waals surface area (Å²) in [4.78, 5) is 20.0. The molecule has 1 fully saturated rings. The van der Waals surface area contributed by atoms with E-state index in [1.807, 2.05) is 6.07 Å². The van der Waals surface area contributed by atoms with Crippen molar-refractivity contribution in [2.45, 2.75) is 45.2 Å². The number of aromatic carboxylic acids is 1. The van der Waals surface area contributed by atoms with E-state index in [2.05, 4.69) is 35.2 Å². The van der Waals surface area contributed by atoms with E-state index in [9.17, 15) is 9.90 Å². The number of aromatic nitrogens is 1. The molecule has 1 aliphatic rings. The van der Waals surface area contributed by atoms with Gasteiger partial charge in [-0.1, -0.05) is 17.4 Å². The van der Waals surface area contributed by atoms with Gasteiger partial charge in [-0.25, -0.2) is 9.78 Å². The fourth-order valence-electron chi connectivity index (χ4n) is 2.27. The lowest BCUT2D eigenvalue weighted by atomic mass is 10.2. The number of hydrogen-bond donors (Lipinski definition) is 1. The van der Waals surface area contributed by atoms with E-state index >= 15 is 0 Å². The molecule has 0 unspecified atom stereocenters. The van der Waals surface area contributed by atoms with Crippen LogP contribution < -0.4 is 4.90 Å². The second kappa shape index (κ2) is 5.77. The molecule has 2 aromatic heterocycles. The Morgan fingerprint density at radius 3 is 2.81 bits per heavy atom. The first-order valence-corrected chi connectivity index (χ1v) is 8.79. The molecule has 0 radical (unpaired) electrons. The van der Waals surface area contributed by atoms with Crippen LogP contribution >= 0.6 is 22.7 Å². The summed E-state index contributed by atoms with van der Waals surface area (Å²) in [5.74, 6) is -0.489. The summed E-state index contributed by atoms with van der Waals surface area (Å²) in [5.41, 5.74) is 0.791. The van der Waals surface area contributed by atoms with Crippen LogP contribution in [0, 0.1) is 0 Å².